The molecule has 1 aromatic carbocycles. The van der Waals surface area contributed by atoms with Crippen molar-refractivity contribution in [1.29, 1.82) is 0 Å². The lowest BCUT2D eigenvalue weighted by Gasteiger charge is -2.17. The summed E-state index contributed by atoms with van der Waals surface area (Å²) in [7, 11) is 0. The van der Waals surface area contributed by atoms with Gasteiger partial charge >= 0.3 is 0 Å². The standard InChI is InChI=1S/C14H10BrNO3/c15-7-1-3-8(4-2-7)16-13(17)11-9-5-6-10(19-9)12(11)14(16)18/h1-6,9-12H/t9?,10?,11-,12+. The molecule has 0 radical (unpaired) electrons. The molecule has 0 saturated carbocycles. The number of fused-ring (bicyclic) bond motifs is 5. The van der Waals surface area contributed by atoms with Crippen LogP contribution in [0.5, 0.6) is 0 Å². The van der Waals surface area contributed by atoms with Gasteiger partial charge in [-0.3, -0.25) is 9.59 Å². The average molecular weight is 320 g/mol. The molecule has 2 unspecified atom stereocenters. The summed E-state index contributed by atoms with van der Waals surface area (Å²) in [5, 5.41) is 0. The zero-order valence-corrected chi connectivity index (χ0v) is 11.4. The van der Waals surface area contributed by atoms with Crippen molar-refractivity contribution >= 4 is 33.4 Å². The molecule has 3 aliphatic heterocycles. The van der Waals surface area contributed by atoms with Gasteiger partial charge in [0.25, 0.3) is 0 Å². The first-order valence-corrected chi connectivity index (χ1v) is 6.93. The van der Waals surface area contributed by atoms with Crippen molar-refractivity contribution in [3.63, 3.8) is 0 Å². The van der Waals surface area contributed by atoms with Crippen LogP contribution in [-0.2, 0) is 14.3 Å². The maximum atomic E-state index is 12.5. The van der Waals surface area contributed by atoms with Gasteiger partial charge in [-0.2, -0.15) is 0 Å². The number of benzene rings is 1. The van der Waals surface area contributed by atoms with E-state index in [-0.39, 0.29) is 35.9 Å². The summed E-state index contributed by atoms with van der Waals surface area (Å²) in [6.45, 7) is 0. The summed E-state index contributed by atoms with van der Waals surface area (Å²) in [4.78, 5) is 26.2. The molecule has 4 rings (SSSR count). The van der Waals surface area contributed by atoms with Crippen LogP contribution in [0.1, 0.15) is 0 Å². The van der Waals surface area contributed by atoms with Crippen LogP contribution in [0.15, 0.2) is 40.9 Å². The van der Waals surface area contributed by atoms with Gasteiger partial charge in [0, 0.05) is 4.47 Å². The molecule has 2 saturated heterocycles. The van der Waals surface area contributed by atoms with Crippen LogP contribution in [0.3, 0.4) is 0 Å². The molecule has 2 fully saturated rings. The van der Waals surface area contributed by atoms with E-state index in [4.69, 9.17) is 4.74 Å². The van der Waals surface area contributed by atoms with Gasteiger partial charge in [-0.05, 0) is 24.3 Å². The van der Waals surface area contributed by atoms with Gasteiger partial charge in [-0.25, -0.2) is 4.90 Å². The second-order valence-electron chi connectivity index (χ2n) is 4.99. The number of carbonyl (C=O) groups is 2. The van der Waals surface area contributed by atoms with Crippen molar-refractivity contribution in [2.75, 3.05) is 4.90 Å². The highest BCUT2D eigenvalue weighted by Crippen LogP contribution is 2.46. The largest absolute Gasteiger partial charge is 0.365 e. The van der Waals surface area contributed by atoms with E-state index in [1.165, 1.54) is 4.90 Å². The Labute approximate surface area is 118 Å². The Hall–Kier alpha value is -1.46. The smallest absolute Gasteiger partial charge is 0.240 e. The molecule has 3 aliphatic rings. The molecular weight excluding hydrogens is 310 g/mol. The predicted octanol–water partition coefficient (Wildman–Crippen LogP) is 1.89. The molecule has 4 atom stereocenters. The minimum absolute atomic E-state index is 0.144. The molecule has 3 heterocycles. The van der Waals surface area contributed by atoms with Gasteiger partial charge < -0.3 is 4.74 Å². The van der Waals surface area contributed by atoms with E-state index in [2.05, 4.69) is 15.9 Å². The number of nitrogens with zero attached hydrogens (tertiary/aromatic N) is 1. The number of anilines is 1. The fraction of sp³-hybridized carbons (Fsp3) is 0.286. The molecule has 4 nitrogen and oxygen atoms in total. The van der Waals surface area contributed by atoms with E-state index in [9.17, 15) is 9.59 Å². The van der Waals surface area contributed by atoms with Crippen LogP contribution in [0, 0.1) is 11.8 Å². The first-order valence-electron chi connectivity index (χ1n) is 6.14. The van der Waals surface area contributed by atoms with Gasteiger partial charge in [-0.1, -0.05) is 28.1 Å². The van der Waals surface area contributed by atoms with Crippen LogP contribution >= 0.6 is 15.9 Å². The Kier molecular flexibility index (Phi) is 2.26. The van der Waals surface area contributed by atoms with E-state index in [1.807, 2.05) is 24.3 Å². The molecule has 2 amide bonds. The zero-order valence-electron chi connectivity index (χ0n) is 9.82. The lowest BCUT2D eigenvalue weighted by molar-refractivity contribution is -0.124. The first kappa shape index (κ1) is 11.4. The van der Waals surface area contributed by atoms with Crippen molar-refractivity contribution in [2.24, 2.45) is 11.8 Å². The van der Waals surface area contributed by atoms with Crippen molar-refractivity contribution < 1.29 is 14.3 Å². The van der Waals surface area contributed by atoms with Crippen LogP contribution < -0.4 is 4.90 Å². The Bertz CT molecular complexity index is 580. The van der Waals surface area contributed by atoms with Gasteiger partial charge in [0.1, 0.15) is 0 Å². The Morgan fingerprint density at radius 1 is 0.947 bits per heavy atom. The predicted molar refractivity (Wildman–Crippen MR) is 71.4 cm³/mol. The maximum Gasteiger partial charge on any atom is 0.240 e. The second kappa shape index (κ2) is 3.77. The Balaban J connectivity index is 1.74. The number of rotatable bonds is 1. The molecule has 5 heteroatoms. The number of hydrogen-bond acceptors (Lipinski definition) is 3. The van der Waals surface area contributed by atoms with Gasteiger partial charge in [0.2, 0.25) is 11.8 Å². The SMILES string of the molecule is O=C1[C@@H]2C3C=CC(O3)[C@@H]2C(=O)N1c1ccc(Br)cc1. The van der Waals surface area contributed by atoms with Crippen molar-refractivity contribution in [3.05, 3.63) is 40.9 Å². The fourth-order valence-corrected chi connectivity index (χ4v) is 3.41. The highest BCUT2D eigenvalue weighted by atomic mass is 79.9. The van der Waals surface area contributed by atoms with Gasteiger partial charge in [0.05, 0.1) is 29.7 Å². The number of amides is 2. The molecule has 2 bridgehead atoms. The average Bonchev–Trinajstić information content (AvgIpc) is 3.06. The highest BCUT2D eigenvalue weighted by Gasteiger charge is 2.60. The van der Waals surface area contributed by atoms with E-state index in [0.29, 0.717) is 5.69 Å². The monoisotopic (exact) mass is 319 g/mol. The van der Waals surface area contributed by atoms with Gasteiger partial charge in [-0.15, -0.1) is 0 Å². The van der Waals surface area contributed by atoms with E-state index in [1.54, 1.807) is 12.1 Å². The first-order chi connectivity index (χ1) is 9.16. The molecule has 1 aromatic rings. The minimum Gasteiger partial charge on any atom is -0.365 e. The molecule has 0 aromatic heterocycles. The molecule has 0 aliphatic carbocycles. The fourth-order valence-electron chi connectivity index (χ4n) is 3.15. The van der Waals surface area contributed by atoms with E-state index < -0.39 is 0 Å². The van der Waals surface area contributed by atoms with Crippen LogP contribution in [-0.4, -0.2) is 24.0 Å². The van der Waals surface area contributed by atoms with E-state index >= 15 is 0 Å². The summed E-state index contributed by atoms with van der Waals surface area (Å²) in [5.74, 6) is -0.972. The molecule has 0 spiro atoms. The van der Waals surface area contributed by atoms with Crippen molar-refractivity contribution in [1.82, 2.24) is 0 Å². The van der Waals surface area contributed by atoms with Crippen molar-refractivity contribution in [3.8, 4) is 0 Å². The lowest BCUT2D eigenvalue weighted by atomic mass is 9.85. The van der Waals surface area contributed by atoms with Crippen LogP contribution in [0.2, 0.25) is 0 Å². The molecular formula is C14H10BrNO3. The quantitative estimate of drug-likeness (QED) is 0.586. The third kappa shape index (κ3) is 1.42. The van der Waals surface area contributed by atoms with Crippen molar-refractivity contribution in [2.45, 2.75) is 12.2 Å². The molecule has 96 valence electrons. The molecule has 0 N–H and O–H groups in total. The zero-order chi connectivity index (χ0) is 13.1. The third-order valence-electron chi connectivity index (χ3n) is 4.00. The Morgan fingerprint density at radius 3 is 2.00 bits per heavy atom. The maximum absolute atomic E-state index is 12.5. The summed E-state index contributed by atoms with van der Waals surface area (Å²) in [6, 6.07) is 7.20. The lowest BCUT2D eigenvalue weighted by Crippen LogP contribution is -2.34. The number of halogens is 1. The normalized spacial score (nSPS) is 35.3. The van der Waals surface area contributed by atoms with E-state index in [0.717, 1.165) is 4.47 Å². The minimum atomic E-state index is -0.342. The third-order valence-corrected chi connectivity index (χ3v) is 4.52. The topological polar surface area (TPSA) is 46.6 Å². The number of imide groups is 1. The summed E-state index contributed by atoms with van der Waals surface area (Å²) < 4.78 is 6.51. The summed E-state index contributed by atoms with van der Waals surface area (Å²) in [5.41, 5.74) is 0.631. The number of hydrogen-bond donors (Lipinski definition) is 0. The number of ether oxygens (including phenoxy) is 1. The highest BCUT2D eigenvalue weighted by molar-refractivity contribution is 9.10. The van der Waals surface area contributed by atoms with Gasteiger partial charge in [0.15, 0.2) is 0 Å². The summed E-state index contributed by atoms with van der Waals surface area (Å²) >= 11 is 3.34. The Morgan fingerprint density at radius 2 is 1.47 bits per heavy atom. The van der Waals surface area contributed by atoms with Crippen LogP contribution in [0.4, 0.5) is 5.69 Å². The molecule has 19 heavy (non-hydrogen) atoms. The van der Waals surface area contributed by atoms with Crippen LogP contribution in [0.25, 0.3) is 0 Å². The second-order valence-corrected chi connectivity index (χ2v) is 5.91. The summed E-state index contributed by atoms with van der Waals surface area (Å²) in [6.07, 6.45) is 3.32. The number of carbonyl (C=O) groups excluding carboxylic acids is 2.